The van der Waals surface area contributed by atoms with Crippen LogP contribution in [0.2, 0.25) is 0 Å². The number of hydrogen-bond acceptors (Lipinski definition) is 6. The lowest BCUT2D eigenvalue weighted by atomic mass is 9.86. The number of aliphatic imine (C=N–C) groups is 1. The van der Waals surface area contributed by atoms with Crippen LogP contribution in [0.3, 0.4) is 0 Å². The Morgan fingerprint density at radius 1 is 1.41 bits per heavy atom. The zero-order valence-electron chi connectivity index (χ0n) is 18.0. The van der Waals surface area contributed by atoms with E-state index in [1.165, 1.54) is 6.20 Å². The molecule has 172 valence electrons. The molecule has 0 radical (unpaired) electrons. The van der Waals surface area contributed by atoms with Gasteiger partial charge < -0.3 is 15.5 Å². The molecule has 32 heavy (non-hydrogen) atoms. The number of amides is 1. The van der Waals surface area contributed by atoms with Crippen LogP contribution in [-0.4, -0.2) is 51.6 Å². The van der Waals surface area contributed by atoms with Crippen molar-refractivity contribution in [2.45, 2.75) is 45.1 Å². The molecule has 2 unspecified atom stereocenters. The van der Waals surface area contributed by atoms with E-state index in [1.54, 1.807) is 12.4 Å². The maximum atomic E-state index is 14.5. The van der Waals surface area contributed by atoms with Gasteiger partial charge >= 0.3 is 0 Å². The summed E-state index contributed by atoms with van der Waals surface area (Å²) in [5.74, 6) is 1.30. The average Bonchev–Trinajstić information content (AvgIpc) is 3.24. The molecule has 0 aromatic carbocycles. The summed E-state index contributed by atoms with van der Waals surface area (Å²) in [5, 5.41) is 6.92. The summed E-state index contributed by atoms with van der Waals surface area (Å²) < 4.78 is 14.5. The van der Waals surface area contributed by atoms with Gasteiger partial charge in [0.2, 0.25) is 5.91 Å². The van der Waals surface area contributed by atoms with Crippen molar-refractivity contribution in [3.8, 4) is 0 Å². The highest BCUT2D eigenvalue weighted by Gasteiger charge is 2.37. The summed E-state index contributed by atoms with van der Waals surface area (Å²) >= 11 is 12.0. The second-order valence-corrected chi connectivity index (χ2v) is 9.15. The monoisotopic (exact) mass is 480 g/mol. The van der Waals surface area contributed by atoms with Crippen LogP contribution in [0.25, 0.3) is 5.57 Å². The molecule has 1 aromatic rings. The van der Waals surface area contributed by atoms with Gasteiger partial charge in [-0.25, -0.2) is 19.4 Å². The topological polar surface area (TPSA) is 82.5 Å². The van der Waals surface area contributed by atoms with Crippen molar-refractivity contribution in [2.75, 3.05) is 24.3 Å². The number of alkyl halides is 1. The number of aromatic nitrogens is 2. The number of halogens is 3. The maximum Gasteiger partial charge on any atom is 0.222 e. The van der Waals surface area contributed by atoms with Crippen LogP contribution in [0.5, 0.6) is 0 Å². The first-order chi connectivity index (χ1) is 15.5. The fourth-order valence-electron chi connectivity index (χ4n) is 4.46. The van der Waals surface area contributed by atoms with Gasteiger partial charge in [0.05, 0.1) is 12.1 Å². The van der Waals surface area contributed by atoms with Crippen LogP contribution in [0.1, 0.15) is 44.9 Å². The minimum absolute atomic E-state index is 0.00204. The second-order valence-electron chi connectivity index (χ2n) is 8.34. The van der Waals surface area contributed by atoms with Crippen molar-refractivity contribution in [2.24, 2.45) is 16.8 Å². The Morgan fingerprint density at radius 3 is 3.06 bits per heavy atom. The molecule has 1 saturated heterocycles. The van der Waals surface area contributed by atoms with Crippen molar-refractivity contribution in [3.63, 3.8) is 0 Å². The lowest BCUT2D eigenvalue weighted by Crippen LogP contribution is -2.47. The Morgan fingerprint density at radius 2 is 2.25 bits per heavy atom. The minimum atomic E-state index is -0.528. The number of piperidine rings is 1. The van der Waals surface area contributed by atoms with E-state index in [4.69, 9.17) is 23.2 Å². The number of likely N-dealkylation sites (tertiary alicyclic amines) is 1. The summed E-state index contributed by atoms with van der Waals surface area (Å²) in [7, 11) is 0. The molecule has 0 bridgehead atoms. The van der Waals surface area contributed by atoms with Crippen LogP contribution in [0.4, 0.5) is 10.2 Å². The molecule has 4 rings (SSSR count). The Kier molecular flexibility index (Phi) is 7.30. The highest BCUT2D eigenvalue weighted by Crippen LogP contribution is 2.39. The summed E-state index contributed by atoms with van der Waals surface area (Å²) in [4.78, 5) is 27.5. The first-order valence-corrected chi connectivity index (χ1v) is 11.9. The molecule has 1 amide bonds. The normalized spacial score (nSPS) is 24.8. The Balaban J connectivity index is 1.47. The molecule has 1 aromatic heterocycles. The summed E-state index contributed by atoms with van der Waals surface area (Å²) in [6.07, 6.45) is 8.62. The van der Waals surface area contributed by atoms with Gasteiger partial charge in [0, 0.05) is 60.4 Å². The predicted octanol–water partition coefficient (Wildman–Crippen LogP) is 4.12. The molecule has 0 saturated carbocycles. The third kappa shape index (κ3) is 4.76. The molecule has 0 spiro atoms. The zero-order chi connectivity index (χ0) is 22.7. The Bertz CT molecular complexity index is 966. The van der Waals surface area contributed by atoms with Crippen LogP contribution >= 0.6 is 23.2 Å². The van der Waals surface area contributed by atoms with E-state index in [-0.39, 0.29) is 29.6 Å². The van der Waals surface area contributed by atoms with Gasteiger partial charge in [-0.2, -0.15) is 0 Å². The van der Waals surface area contributed by atoms with Crippen LogP contribution in [-0.2, 0) is 4.79 Å². The molecular weight excluding hydrogens is 454 g/mol. The molecule has 7 nitrogen and oxygen atoms in total. The number of fused-ring (bicyclic) bond motifs is 1. The number of amidine groups is 1. The fourth-order valence-corrected chi connectivity index (χ4v) is 4.77. The fraction of sp³-hybridized carbons (Fsp3) is 0.545. The van der Waals surface area contributed by atoms with E-state index in [1.807, 2.05) is 11.8 Å². The Labute approximate surface area is 197 Å². The van der Waals surface area contributed by atoms with Crippen molar-refractivity contribution < 1.29 is 9.18 Å². The molecule has 0 aliphatic carbocycles. The first kappa shape index (κ1) is 23.0. The van der Waals surface area contributed by atoms with Crippen molar-refractivity contribution >= 4 is 46.3 Å². The highest BCUT2D eigenvalue weighted by atomic mass is 35.5. The molecule has 1 fully saturated rings. The van der Waals surface area contributed by atoms with Crippen LogP contribution in [0, 0.1) is 17.7 Å². The summed E-state index contributed by atoms with van der Waals surface area (Å²) in [5.41, 5.74) is 0.820. The number of rotatable bonds is 7. The number of anilines is 1. The van der Waals surface area contributed by atoms with Gasteiger partial charge in [-0.1, -0.05) is 18.5 Å². The van der Waals surface area contributed by atoms with Crippen LogP contribution in [0.15, 0.2) is 28.6 Å². The quantitative estimate of drug-likeness (QED) is 0.573. The number of allylic oxidation sites excluding steroid dienone is 1. The molecule has 2 N–H and O–H groups in total. The number of carbonyl (C=O) groups excluding carboxylic acids is 1. The van der Waals surface area contributed by atoms with Gasteiger partial charge in [-0.3, -0.25) is 4.79 Å². The SMILES string of the molecule is CC1C(Cl)=CN=C2NC=C(c3ncc(F)c(NC[C@H]4CCCCN4C(=O)CCCCl)n3)C21. The van der Waals surface area contributed by atoms with E-state index >= 15 is 0 Å². The molecular formula is C22H27Cl2FN6O. The number of nitrogens with one attached hydrogen (secondary N) is 2. The van der Waals surface area contributed by atoms with Gasteiger partial charge in [0.15, 0.2) is 17.5 Å². The summed E-state index contributed by atoms with van der Waals surface area (Å²) in [6, 6.07) is -0.00204. The highest BCUT2D eigenvalue weighted by molar-refractivity contribution is 6.30. The lowest BCUT2D eigenvalue weighted by Gasteiger charge is -2.36. The number of nitrogens with zero attached hydrogens (tertiary/aromatic N) is 4. The van der Waals surface area contributed by atoms with Crippen molar-refractivity contribution in [1.82, 2.24) is 20.2 Å². The first-order valence-electron chi connectivity index (χ1n) is 11.0. The average molecular weight is 481 g/mol. The molecule has 4 heterocycles. The number of carbonyl (C=O) groups is 1. The predicted molar refractivity (Wildman–Crippen MR) is 125 cm³/mol. The smallest absolute Gasteiger partial charge is 0.222 e. The molecule has 3 aliphatic heterocycles. The van der Waals surface area contributed by atoms with E-state index in [2.05, 4.69) is 25.6 Å². The van der Waals surface area contributed by atoms with E-state index in [0.29, 0.717) is 36.1 Å². The van der Waals surface area contributed by atoms with E-state index in [9.17, 15) is 9.18 Å². The molecule has 3 atom stereocenters. The zero-order valence-corrected chi connectivity index (χ0v) is 19.5. The van der Waals surface area contributed by atoms with Crippen LogP contribution < -0.4 is 10.6 Å². The largest absolute Gasteiger partial charge is 0.365 e. The van der Waals surface area contributed by atoms with Gasteiger partial charge in [-0.15, -0.1) is 11.6 Å². The Hall–Kier alpha value is -2.19. The molecule has 10 heteroatoms. The lowest BCUT2D eigenvalue weighted by molar-refractivity contribution is -0.134. The third-order valence-corrected chi connectivity index (χ3v) is 6.96. The maximum absolute atomic E-state index is 14.5. The van der Waals surface area contributed by atoms with Gasteiger partial charge in [-0.05, 0) is 25.7 Å². The van der Waals surface area contributed by atoms with Crippen molar-refractivity contribution in [1.29, 1.82) is 0 Å². The van der Waals surface area contributed by atoms with Gasteiger partial charge in [0.25, 0.3) is 0 Å². The summed E-state index contributed by atoms with van der Waals surface area (Å²) in [6.45, 7) is 3.17. The van der Waals surface area contributed by atoms with Gasteiger partial charge in [0.1, 0.15) is 5.84 Å². The standard InChI is InChI=1S/C22H27Cl2FN6O/c1-13-16(24)11-28-22-19(13)15(10-27-22)20-29-12-17(25)21(30-20)26-9-14-5-2-3-8-31(14)18(32)6-4-7-23/h10-14,19H,2-9H2,1H3,(H,27,28)(H,26,29,30)/t13?,14-,19?/m1/s1. The minimum Gasteiger partial charge on any atom is -0.365 e. The second kappa shape index (κ2) is 10.2. The molecule has 3 aliphatic rings. The number of hydrogen-bond donors (Lipinski definition) is 2. The van der Waals surface area contributed by atoms with E-state index in [0.717, 1.165) is 37.2 Å². The van der Waals surface area contributed by atoms with E-state index < -0.39 is 5.82 Å². The van der Waals surface area contributed by atoms with Crippen molar-refractivity contribution in [3.05, 3.63) is 35.3 Å². The third-order valence-electron chi connectivity index (χ3n) is 6.25.